The average Bonchev–Trinajstić information content (AvgIpc) is 3.16. The minimum atomic E-state index is 0. The first kappa shape index (κ1) is 23.5. The van der Waals surface area contributed by atoms with Crippen LogP contribution in [0.3, 0.4) is 0 Å². The smallest absolute Gasteiger partial charge is 0.232 e. The molecule has 0 aliphatic heterocycles. The molecule has 2 heterocycles. The molecule has 0 radical (unpaired) electrons. The van der Waals surface area contributed by atoms with Gasteiger partial charge in [0.1, 0.15) is 14.1 Å². The number of aromatic nitrogens is 3. The predicted octanol–water partition coefficient (Wildman–Crippen LogP) is 2.29. The standard InChI is InChI=1S/C19H12ClN3O.C3H7ClN.ClH/c20-16-7-17-14(13(11-24)8-21-17)6-15(16)19-10-22-18(9-23-19)12-4-2-1-3-5-12;1-5(2)3-4;/h1-11,21H;3H,1-2H3;1H/q;+1;/p-1. The molecule has 4 rings (SSSR count). The lowest BCUT2D eigenvalue weighted by Crippen LogP contribution is -3.00. The molecule has 0 atom stereocenters. The largest absolute Gasteiger partial charge is 1.00 e. The summed E-state index contributed by atoms with van der Waals surface area (Å²) in [7, 11) is 3.74. The third-order valence-electron chi connectivity index (χ3n) is 4.12. The van der Waals surface area contributed by atoms with Crippen LogP contribution in [-0.4, -0.2) is 45.6 Å². The summed E-state index contributed by atoms with van der Waals surface area (Å²) in [5.74, 6) is 0. The zero-order chi connectivity index (χ0) is 20.8. The second-order valence-corrected chi connectivity index (χ2v) is 7.06. The first-order chi connectivity index (χ1) is 14.0. The Labute approximate surface area is 190 Å². The fourth-order valence-corrected chi connectivity index (χ4v) is 2.94. The predicted molar refractivity (Wildman–Crippen MR) is 119 cm³/mol. The molecular formula is C22H19Cl3N4O. The van der Waals surface area contributed by atoms with Crippen molar-refractivity contribution < 1.29 is 21.8 Å². The van der Waals surface area contributed by atoms with Crippen molar-refractivity contribution in [1.82, 2.24) is 15.0 Å². The molecule has 0 amide bonds. The summed E-state index contributed by atoms with van der Waals surface area (Å²) in [5.41, 5.74) is 6.11. The lowest BCUT2D eigenvalue weighted by atomic mass is 10.1. The van der Waals surface area contributed by atoms with E-state index in [1.807, 2.05) is 50.5 Å². The summed E-state index contributed by atoms with van der Waals surface area (Å²) in [6.45, 7) is 0. The molecule has 0 saturated carbocycles. The maximum Gasteiger partial charge on any atom is 0.232 e. The topological polar surface area (TPSA) is 61.6 Å². The number of nitrogens with zero attached hydrogens (tertiary/aromatic N) is 3. The van der Waals surface area contributed by atoms with Crippen LogP contribution >= 0.6 is 23.2 Å². The summed E-state index contributed by atoms with van der Waals surface area (Å²) in [6, 6.07) is 13.5. The van der Waals surface area contributed by atoms with Gasteiger partial charge in [0.15, 0.2) is 6.29 Å². The maximum atomic E-state index is 11.1. The molecule has 4 aromatic rings. The van der Waals surface area contributed by atoms with Gasteiger partial charge in [-0.2, -0.15) is 0 Å². The number of nitrogens with one attached hydrogen (secondary N) is 1. The molecule has 0 fully saturated rings. The van der Waals surface area contributed by atoms with Crippen LogP contribution in [0.2, 0.25) is 5.02 Å². The van der Waals surface area contributed by atoms with E-state index < -0.39 is 0 Å². The normalized spacial score (nSPS) is 9.87. The van der Waals surface area contributed by atoms with Crippen LogP contribution in [0.5, 0.6) is 0 Å². The monoisotopic (exact) mass is 460 g/mol. The van der Waals surface area contributed by atoms with Gasteiger partial charge in [0.2, 0.25) is 5.67 Å². The average molecular weight is 462 g/mol. The summed E-state index contributed by atoms with van der Waals surface area (Å²) in [6.07, 6.45) is 5.91. The Bertz CT molecular complexity index is 1150. The molecule has 154 valence electrons. The van der Waals surface area contributed by atoms with Crippen LogP contribution in [-0.2, 0) is 0 Å². The van der Waals surface area contributed by atoms with E-state index in [-0.39, 0.29) is 12.4 Å². The Kier molecular flexibility index (Phi) is 8.54. The fraction of sp³-hybridized carbons (Fsp3) is 0.0909. The molecule has 0 aliphatic carbocycles. The lowest BCUT2D eigenvalue weighted by Gasteiger charge is -2.06. The van der Waals surface area contributed by atoms with Crippen molar-refractivity contribution in [3.05, 3.63) is 71.6 Å². The van der Waals surface area contributed by atoms with E-state index in [2.05, 4.69) is 15.0 Å². The van der Waals surface area contributed by atoms with Gasteiger partial charge < -0.3 is 17.4 Å². The highest BCUT2D eigenvalue weighted by Crippen LogP contribution is 2.32. The summed E-state index contributed by atoms with van der Waals surface area (Å²) < 4.78 is 1.77. The third kappa shape index (κ3) is 5.45. The summed E-state index contributed by atoms with van der Waals surface area (Å²) >= 11 is 11.5. The van der Waals surface area contributed by atoms with Crippen molar-refractivity contribution in [3.8, 4) is 22.5 Å². The van der Waals surface area contributed by atoms with Crippen LogP contribution in [0.1, 0.15) is 10.4 Å². The highest BCUT2D eigenvalue weighted by atomic mass is 35.5. The summed E-state index contributed by atoms with van der Waals surface area (Å²) in [4.78, 5) is 23.1. The minimum absolute atomic E-state index is 0. The zero-order valence-electron chi connectivity index (χ0n) is 16.3. The Balaban J connectivity index is 0.000000482. The highest BCUT2D eigenvalue weighted by Gasteiger charge is 2.11. The zero-order valence-corrected chi connectivity index (χ0v) is 18.6. The number of fused-ring (bicyclic) bond motifs is 1. The Morgan fingerprint density at radius 1 is 1.03 bits per heavy atom. The van der Waals surface area contributed by atoms with Crippen LogP contribution in [0.25, 0.3) is 33.4 Å². The van der Waals surface area contributed by atoms with Gasteiger partial charge >= 0.3 is 0 Å². The van der Waals surface area contributed by atoms with Crippen molar-refractivity contribution in [2.45, 2.75) is 0 Å². The van der Waals surface area contributed by atoms with Gasteiger partial charge in [0, 0.05) is 33.8 Å². The van der Waals surface area contributed by atoms with E-state index in [0.29, 0.717) is 16.3 Å². The summed E-state index contributed by atoms with van der Waals surface area (Å²) in [5, 5.41) is 1.38. The maximum absolute atomic E-state index is 11.1. The molecule has 5 nitrogen and oxygen atoms in total. The third-order valence-corrected chi connectivity index (χ3v) is 4.82. The number of carbonyl (C=O) groups excluding carboxylic acids is 1. The van der Waals surface area contributed by atoms with Gasteiger partial charge in [-0.15, -0.1) is 0 Å². The van der Waals surface area contributed by atoms with Gasteiger partial charge in [-0.1, -0.05) is 41.9 Å². The van der Waals surface area contributed by atoms with Gasteiger partial charge in [-0.3, -0.25) is 14.8 Å². The van der Waals surface area contributed by atoms with Gasteiger partial charge in [-0.05, 0) is 23.7 Å². The molecule has 0 unspecified atom stereocenters. The number of carbonyl (C=O) groups is 1. The Hall–Kier alpha value is -2.73. The van der Waals surface area contributed by atoms with Crippen molar-refractivity contribution in [3.63, 3.8) is 0 Å². The molecule has 0 bridgehead atoms. The van der Waals surface area contributed by atoms with E-state index in [4.69, 9.17) is 23.2 Å². The lowest BCUT2D eigenvalue weighted by molar-refractivity contribution is -0.457. The first-order valence-corrected chi connectivity index (χ1v) is 9.58. The first-order valence-electron chi connectivity index (χ1n) is 8.77. The van der Waals surface area contributed by atoms with E-state index in [1.54, 1.807) is 29.2 Å². The van der Waals surface area contributed by atoms with Crippen LogP contribution in [0, 0.1) is 0 Å². The van der Waals surface area contributed by atoms with Crippen LogP contribution in [0.4, 0.5) is 0 Å². The van der Waals surface area contributed by atoms with Crippen molar-refractivity contribution in [2.75, 3.05) is 14.1 Å². The quantitative estimate of drug-likeness (QED) is 0.289. The van der Waals surface area contributed by atoms with E-state index in [1.165, 1.54) is 5.67 Å². The SMILES string of the molecule is C[N+](C)=CCl.O=Cc1c[nH]c2cc(Cl)c(-c3cnc(-c4ccccc4)cn3)cc12.[Cl-]. The number of H-pyrrole nitrogens is 1. The van der Waals surface area contributed by atoms with Crippen LogP contribution < -0.4 is 12.4 Å². The van der Waals surface area contributed by atoms with Gasteiger partial charge in [-0.25, -0.2) is 4.58 Å². The van der Waals surface area contributed by atoms with Gasteiger partial charge in [0.25, 0.3) is 0 Å². The molecule has 30 heavy (non-hydrogen) atoms. The Morgan fingerprint density at radius 2 is 1.67 bits per heavy atom. The molecule has 0 saturated heterocycles. The fourth-order valence-electron chi connectivity index (χ4n) is 2.68. The van der Waals surface area contributed by atoms with Crippen molar-refractivity contribution >= 4 is 46.1 Å². The number of hydrogen-bond donors (Lipinski definition) is 1. The van der Waals surface area contributed by atoms with E-state index in [0.717, 1.165) is 34.0 Å². The molecule has 1 N–H and O–H groups in total. The molecule has 2 aromatic carbocycles. The molecule has 2 aromatic heterocycles. The number of aldehydes is 1. The molecular weight excluding hydrogens is 443 g/mol. The molecule has 8 heteroatoms. The second-order valence-electron chi connectivity index (χ2n) is 6.45. The van der Waals surface area contributed by atoms with Crippen LogP contribution in [0.15, 0.2) is 61.1 Å². The van der Waals surface area contributed by atoms with E-state index in [9.17, 15) is 4.79 Å². The van der Waals surface area contributed by atoms with Crippen molar-refractivity contribution in [2.24, 2.45) is 0 Å². The highest BCUT2D eigenvalue weighted by molar-refractivity contribution is 6.54. The minimum Gasteiger partial charge on any atom is -1.00 e. The number of halogens is 3. The molecule has 0 spiro atoms. The Morgan fingerprint density at radius 3 is 2.23 bits per heavy atom. The number of hydrogen-bond acceptors (Lipinski definition) is 3. The number of benzene rings is 2. The number of aromatic amines is 1. The van der Waals surface area contributed by atoms with Crippen molar-refractivity contribution in [1.29, 1.82) is 0 Å². The number of rotatable bonds is 3. The van der Waals surface area contributed by atoms with E-state index >= 15 is 0 Å². The second kappa shape index (κ2) is 10.9. The molecule has 0 aliphatic rings. The van der Waals surface area contributed by atoms with Gasteiger partial charge in [0.05, 0.1) is 28.8 Å².